The minimum atomic E-state index is -0.383. The highest BCUT2D eigenvalue weighted by Crippen LogP contribution is 2.40. The van der Waals surface area contributed by atoms with Gasteiger partial charge in [-0.15, -0.1) is 0 Å². The monoisotopic (exact) mass is 463 g/mol. The summed E-state index contributed by atoms with van der Waals surface area (Å²) >= 11 is 6.03. The van der Waals surface area contributed by atoms with Crippen molar-refractivity contribution in [3.63, 3.8) is 0 Å². The molecular weight excluding hydrogens is 446 g/mol. The number of allylic oxidation sites excluding steroid dienone is 2. The third-order valence-corrected chi connectivity index (χ3v) is 5.94. The molecule has 0 aromatic heterocycles. The van der Waals surface area contributed by atoms with Gasteiger partial charge in [0, 0.05) is 21.7 Å². The molecule has 1 aliphatic heterocycles. The molecule has 1 heterocycles. The van der Waals surface area contributed by atoms with E-state index in [9.17, 15) is 14.4 Å². The Morgan fingerprint density at radius 1 is 0.618 bits per heavy atom. The van der Waals surface area contributed by atoms with E-state index in [-0.39, 0.29) is 28.7 Å². The van der Waals surface area contributed by atoms with Crippen molar-refractivity contribution in [2.45, 2.75) is 0 Å². The molecule has 1 aliphatic rings. The van der Waals surface area contributed by atoms with Crippen molar-refractivity contribution < 1.29 is 14.4 Å². The summed E-state index contributed by atoms with van der Waals surface area (Å²) in [7, 11) is 0. The molecule has 0 unspecified atom stereocenters. The Balaban J connectivity index is 1.79. The molecule has 4 aromatic rings. The molecule has 0 radical (unpaired) electrons. The van der Waals surface area contributed by atoms with Crippen LogP contribution < -0.4 is 4.90 Å². The molecule has 0 saturated heterocycles. The maximum atomic E-state index is 13.9. The number of carbonyl (C=O) groups is 3. The van der Waals surface area contributed by atoms with E-state index in [1.165, 1.54) is 4.90 Å². The zero-order valence-electron chi connectivity index (χ0n) is 17.9. The van der Waals surface area contributed by atoms with Gasteiger partial charge in [-0.3, -0.25) is 19.3 Å². The SMILES string of the molecule is O=C(/C(=C1\C(=O)c2ccccc2N1C(=O)c1ccccc1)c1ccccc1)c1ccc(Cl)cc1. The minimum absolute atomic E-state index is 0.0428. The van der Waals surface area contributed by atoms with Gasteiger partial charge in [-0.2, -0.15) is 0 Å². The van der Waals surface area contributed by atoms with E-state index >= 15 is 0 Å². The van der Waals surface area contributed by atoms with Crippen molar-refractivity contribution in [3.05, 3.63) is 142 Å². The third kappa shape index (κ3) is 3.74. The summed E-state index contributed by atoms with van der Waals surface area (Å²) in [4.78, 5) is 42.7. The van der Waals surface area contributed by atoms with Gasteiger partial charge in [-0.25, -0.2) is 0 Å². The average molecular weight is 464 g/mol. The predicted molar refractivity (Wildman–Crippen MR) is 133 cm³/mol. The number of amides is 1. The molecule has 4 nitrogen and oxygen atoms in total. The van der Waals surface area contributed by atoms with E-state index in [2.05, 4.69) is 0 Å². The van der Waals surface area contributed by atoms with Gasteiger partial charge in [-0.1, -0.05) is 72.3 Å². The number of benzene rings is 4. The Morgan fingerprint density at radius 2 is 1.18 bits per heavy atom. The van der Waals surface area contributed by atoms with E-state index < -0.39 is 0 Å². The quantitative estimate of drug-likeness (QED) is 0.257. The molecule has 1 amide bonds. The molecule has 0 atom stereocenters. The van der Waals surface area contributed by atoms with Crippen LogP contribution in [0.4, 0.5) is 5.69 Å². The number of para-hydroxylation sites is 1. The molecular formula is C29H18ClNO3. The normalized spacial score (nSPS) is 14.0. The fraction of sp³-hybridized carbons (Fsp3) is 0. The minimum Gasteiger partial charge on any atom is -0.289 e. The van der Waals surface area contributed by atoms with Gasteiger partial charge in [0.2, 0.25) is 5.78 Å². The van der Waals surface area contributed by atoms with Crippen LogP contribution in [0, 0.1) is 0 Å². The summed E-state index contributed by atoms with van der Waals surface area (Å²) in [6.45, 7) is 0. The first-order valence-corrected chi connectivity index (χ1v) is 11.1. The number of Topliss-reactive ketones (excluding diaryl/α,β-unsaturated/α-hetero) is 2. The first-order chi connectivity index (χ1) is 16.6. The Kier molecular flexibility index (Phi) is 5.66. The highest BCUT2D eigenvalue weighted by atomic mass is 35.5. The summed E-state index contributed by atoms with van der Waals surface area (Å²) in [5, 5.41) is 0.496. The summed E-state index contributed by atoms with van der Waals surface area (Å²) in [5.41, 5.74) is 2.36. The number of anilines is 1. The molecule has 0 N–H and O–H groups in total. The van der Waals surface area contributed by atoms with Gasteiger partial charge in [-0.05, 0) is 54.1 Å². The molecule has 4 aromatic carbocycles. The number of rotatable bonds is 4. The number of halogens is 1. The molecule has 5 rings (SSSR count). The highest BCUT2D eigenvalue weighted by molar-refractivity contribution is 6.40. The second kappa shape index (κ2) is 8.93. The van der Waals surface area contributed by atoms with Crippen molar-refractivity contribution in [3.8, 4) is 0 Å². The maximum absolute atomic E-state index is 13.9. The number of hydrogen-bond acceptors (Lipinski definition) is 3. The Labute approximate surface area is 201 Å². The van der Waals surface area contributed by atoms with Crippen LogP contribution in [0.2, 0.25) is 5.02 Å². The Bertz CT molecular complexity index is 1440. The summed E-state index contributed by atoms with van der Waals surface area (Å²) < 4.78 is 0. The number of ketones is 2. The van der Waals surface area contributed by atoms with Crippen LogP contribution in [0.5, 0.6) is 0 Å². The molecule has 5 heteroatoms. The van der Waals surface area contributed by atoms with Crippen molar-refractivity contribution in [1.29, 1.82) is 0 Å². The summed E-state index contributed by atoms with van der Waals surface area (Å²) in [6, 6.07) is 31.0. The predicted octanol–water partition coefficient (Wildman–Crippen LogP) is 6.48. The lowest BCUT2D eigenvalue weighted by molar-refractivity contribution is 0.0972. The van der Waals surface area contributed by atoms with Gasteiger partial charge in [0.1, 0.15) is 5.70 Å². The zero-order valence-corrected chi connectivity index (χ0v) is 18.7. The second-order valence-electron chi connectivity index (χ2n) is 7.78. The van der Waals surface area contributed by atoms with Crippen LogP contribution in [-0.4, -0.2) is 17.5 Å². The zero-order chi connectivity index (χ0) is 23.7. The fourth-order valence-corrected chi connectivity index (χ4v) is 4.21. The third-order valence-electron chi connectivity index (χ3n) is 5.68. The van der Waals surface area contributed by atoms with Gasteiger partial charge < -0.3 is 0 Å². The molecule has 164 valence electrons. The van der Waals surface area contributed by atoms with E-state index in [1.54, 1.807) is 97.1 Å². The lowest BCUT2D eigenvalue weighted by Gasteiger charge is -2.21. The molecule has 34 heavy (non-hydrogen) atoms. The highest BCUT2D eigenvalue weighted by Gasteiger charge is 2.40. The van der Waals surface area contributed by atoms with Crippen LogP contribution in [-0.2, 0) is 0 Å². The topological polar surface area (TPSA) is 54.5 Å². The molecule has 0 bridgehead atoms. The van der Waals surface area contributed by atoms with E-state index in [0.29, 0.717) is 33.0 Å². The number of nitrogens with zero attached hydrogens (tertiary/aromatic N) is 1. The van der Waals surface area contributed by atoms with Crippen LogP contribution in [0.15, 0.2) is 115 Å². The Hall–Kier alpha value is -4.28. The van der Waals surface area contributed by atoms with Gasteiger partial charge >= 0.3 is 0 Å². The van der Waals surface area contributed by atoms with Gasteiger partial charge in [0.15, 0.2) is 5.78 Å². The molecule has 0 spiro atoms. The largest absolute Gasteiger partial charge is 0.289 e. The van der Waals surface area contributed by atoms with Crippen molar-refractivity contribution in [2.24, 2.45) is 0 Å². The standard InChI is InChI=1S/C29H18ClNO3/c30-22-17-15-20(16-18-22)27(32)25(19-9-3-1-4-10-19)26-28(33)23-13-7-8-14-24(23)31(26)29(34)21-11-5-2-6-12-21/h1-18H/b26-25+. The number of fused-ring (bicyclic) bond motifs is 1. The lowest BCUT2D eigenvalue weighted by atomic mass is 9.93. The van der Waals surface area contributed by atoms with E-state index in [4.69, 9.17) is 11.6 Å². The lowest BCUT2D eigenvalue weighted by Crippen LogP contribution is -2.30. The average Bonchev–Trinajstić information content (AvgIpc) is 3.17. The maximum Gasteiger partial charge on any atom is 0.263 e. The van der Waals surface area contributed by atoms with Crippen LogP contribution in [0.3, 0.4) is 0 Å². The van der Waals surface area contributed by atoms with Gasteiger partial charge in [0.25, 0.3) is 5.91 Å². The van der Waals surface area contributed by atoms with Crippen molar-refractivity contribution in [2.75, 3.05) is 4.90 Å². The Morgan fingerprint density at radius 3 is 1.82 bits per heavy atom. The first-order valence-electron chi connectivity index (χ1n) is 10.7. The second-order valence-corrected chi connectivity index (χ2v) is 8.21. The van der Waals surface area contributed by atoms with E-state index in [1.807, 2.05) is 12.1 Å². The first kappa shape index (κ1) is 21.6. The molecule has 0 saturated carbocycles. The van der Waals surface area contributed by atoms with E-state index in [0.717, 1.165) is 0 Å². The smallest absolute Gasteiger partial charge is 0.263 e. The molecule has 0 fully saturated rings. The van der Waals surface area contributed by atoms with Crippen LogP contribution >= 0.6 is 11.6 Å². The van der Waals surface area contributed by atoms with Crippen molar-refractivity contribution in [1.82, 2.24) is 0 Å². The van der Waals surface area contributed by atoms with Crippen LogP contribution in [0.1, 0.15) is 36.6 Å². The number of hydrogen-bond donors (Lipinski definition) is 0. The van der Waals surface area contributed by atoms with Crippen molar-refractivity contribution >= 4 is 40.3 Å². The van der Waals surface area contributed by atoms with Gasteiger partial charge in [0.05, 0.1) is 11.3 Å². The number of carbonyl (C=O) groups excluding carboxylic acids is 3. The van der Waals surface area contributed by atoms with Crippen LogP contribution in [0.25, 0.3) is 5.57 Å². The summed E-state index contributed by atoms with van der Waals surface area (Å²) in [5.74, 6) is -1.13. The molecule has 0 aliphatic carbocycles. The summed E-state index contributed by atoms with van der Waals surface area (Å²) in [6.07, 6.45) is 0. The fourth-order valence-electron chi connectivity index (χ4n) is 4.08.